The maximum atomic E-state index is 12.2. The lowest BCUT2D eigenvalue weighted by Gasteiger charge is -2.12. The number of carbonyl (C=O) groups excluding carboxylic acids is 2. The lowest BCUT2D eigenvalue weighted by Crippen LogP contribution is -2.21. The predicted molar refractivity (Wildman–Crippen MR) is 97.6 cm³/mol. The van der Waals surface area contributed by atoms with E-state index in [9.17, 15) is 9.59 Å². The van der Waals surface area contributed by atoms with E-state index in [-0.39, 0.29) is 5.56 Å². The summed E-state index contributed by atoms with van der Waals surface area (Å²) in [5.74, 6) is -0.490. The number of nitrogens with one attached hydrogen (secondary N) is 1. The summed E-state index contributed by atoms with van der Waals surface area (Å²) in [4.78, 5) is 24.1. The number of methoxy groups -OCH3 is 2. The third-order valence-corrected chi connectivity index (χ3v) is 3.81. The van der Waals surface area contributed by atoms with Gasteiger partial charge in [-0.15, -0.1) is 0 Å². The summed E-state index contributed by atoms with van der Waals surface area (Å²) in [6, 6.07) is 12.2. The minimum absolute atomic E-state index is 0.143. The van der Waals surface area contributed by atoms with Gasteiger partial charge in [-0.3, -0.25) is 4.79 Å². The molecule has 1 N–H and O–H groups in total. The zero-order valence-corrected chi connectivity index (χ0v) is 15.3. The molecule has 0 aliphatic heterocycles. The molecule has 0 aliphatic rings. The smallest absolute Gasteiger partial charge is 0.346 e. The summed E-state index contributed by atoms with van der Waals surface area (Å²) in [7, 11) is 2.88. The highest BCUT2D eigenvalue weighted by Gasteiger charge is 2.20. The molecule has 126 valence electrons. The Morgan fingerprint density at radius 2 is 1.58 bits per heavy atom. The van der Waals surface area contributed by atoms with Crippen LogP contribution in [0, 0.1) is 3.57 Å². The van der Waals surface area contributed by atoms with Gasteiger partial charge in [0.2, 0.25) is 0 Å². The molecule has 1 amide bonds. The molecule has 0 bridgehead atoms. The Balaban J connectivity index is 2.00. The van der Waals surface area contributed by atoms with Crippen LogP contribution in [-0.2, 0) is 9.53 Å². The van der Waals surface area contributed by atoms with Crippen LogP contribution >= 0.6 is 22.6 Å². The van der Waals surface area contributed by atoms with E-state index in [0.717, 1.165) is 3.57 Å². The molecular formula is C17H16INO5. The molecule has 0 unspecified atom stereocenters. The van der Waals surface area contributed by atoms with E-state index in [1.54, 1.807) is 30.3 Å². The molecule has 0 spiro atoms. The first-order valence-corrected chi connectivity index (χ1v) is 8.06. The topological polar surface area (TPSA) is 73.9 Å². The summed E-state index contributed by atoms with van der Waals surface area (Å²) in [6.07, 6.45) is 0. The molecule has 7 heteroatoms. The van der Waals surface area contributed by atoms with E-state index in [2.05, 4.69) is 27.9 Å². The molecule has 0 aromatic heterocycles. The average Bonchev–Trinajstić information content (AvgIpc) is 2.60. The Hall–Kier alpha value is -2.29. The van der Waals surface area contributed by atoms with Crippen molar-refractivity contribution >= 4 is 40.2 Å². The number of amides is 1. The van der Waals surface area contributed by atoms with E-state index in [1.165, 1.54) is 14.2 Å². The summed E-state index contributed by atoms with van der Waals surface area (Å²) in [5, 5.41) is 2.65. The Morgan fingerprint density at radius 1 is 1.00 bits per heavy atom. The molecule has 0 heterocycles. The van der Waals surface area contributed by atoms with Gasteiger partial charge >= 0.3 is 5.97 Å². The van der Waals surface area contributed by atoms with Crippen LogP contribution in [0.1, 0.15) is 10.4 Å². The zero-order chi connectivity index (χ0) is 17.5. The van der Waals surface area contributed by atoms with Crippen molar-refractivity contribution in [3.05, 3.63) is 51.6 Å². The van der Waals surface area contributed by atoms with Crippen LogP contribution in [0.15, 0.2) is 42.5 Å². The summed E-state index contributed by atoms with van der Waals surface area (Å²) < 4.78 is 16.4. The summed E-state index contributed by atoms with van der Waals surface area (Å²) in [5.41, 5.74) is 0.774. The van der Waals surface area contributed by atoms with Crippen LogP contribution < -0.4 is 14.8 Å². The van der Waals surface area contributed by atoms with Crippen molar-refractivity contribution in [2.45, 2.75) is 0 Å². The molecular weight excluding hydrogens is 425 g/mol. The molecule has 0 saturated heterocycles. The number of hydrogen-bond acceptors (Lipinski definition) is 5. The number of hydrogen-bond donors (Lipinski definition) is 1. The lowest BCUT2D eigenvalue weighted by atomic mass is 10.2. The second-order valence-electron chi connectivity index (χ2n) is 4.67. The highest BCUT2D eigenvalue weighted by atomic mass is 127. The second-order valence-corrected chi connectivity index (χ2v) is 5.91. The van der Waals surface area contributed by atoms with Gasteiger partial charge in [0.25, 0.3) is 5.91 Å². The zero-order valence-electron chi connectivity index (χ0n) is 13.2. The van der Waals surface area contributed by atoms with Crippen molar-refractivity contribution in [1.82, 2.24) is 0 Å². The number of benzene rings is 2. The van der Waals surface area contributed by atoms with Crippen molar-refractivity contribution in [2.24, 2.45) is 0 Å². The highest BCUT2D eigenvalue weighted by molar-refractivity contribution is 14.1. The number of esters is 1. The Bertz CT molecular complexity index is 708. The average molecular weight is 441 g/mol. The molecule has 0 fully saturated rings. The van der Waals surface area contributed by atoms with Crippen molar-refractivity contribution in [3.8, 4) is 11.5 Å². The van der Waals surface area contributed by atoms with Gasteiger partial charge in [-0.2, -0.15) is 0 Å². The fourth-order valence-electron chi connectivity index (χ4n) is 1.99. The van der Waals surface area contributed by atoms with Crippen LogP contribution in [0.5, 0.6) is 11.5 Å². The van der Waals surface area contributed by atoms with Gasteiger partial charge in [-0.05, 0) is 59.0 Å². The molecule has 2 rings (SSSR count). The first kappa shape index (κ1) is 18.1. The van der Waals surface area contributed by atoms with Crippen molar-refractivity contribution in [2.75, 3.05) is 26.1 Å². The Morgan fingerprint density at radius 3 is 2.12 bits per heavy atom. The van der Waals surface area contributed by atoms with Crippen molar-refractivity contribution < 1.29 is 23.8 Å². The van der Waals surface area contributed by atoms with Gasteiger partial charge in [0.1, 0.15) is 17.1 Å². The van der Waals surface area contributed by atoms with Gasteiger partial charge in [-0.1, -0.05) is 6.07 Å². The first-order chi connectivity index (χ1) is 11.5. The number of ether oxygens (including phenoxy) is 3. The first-order valence-electron chi connectivity index (χ1n) is 6.98. The van der Waals surface area contributed by atoms with E-state index in [1.807, 2.05) is 12.1 Å². The van der Waals surface area contributed by atoms with E-state index in [4.69, 9.17) is 14.2 Å². The molecule has 0 saturated carbocycles. The fourth-order valence-corrected chi connectivity index (χ4v) is 2.35. The molecule has 0 atom stereocenters. The van der Waals surface area contributed by atoms with Gasteiger partial charge in [0.15, 0.2) is 6.61 Å². The molecule has 0 radical (unpaired) electrons. The number of halogens is 1. The molecule has 2 aromatic rings. The van der Waals surface area contributed by atoms with E-state index < -0.39 is 18.5 Å². The maximum absolute atomic E-state index is 12.2. The van der Waals surface area contributed by atoms with Gasteiger partial charge in [0.05, 0.1) is 14.2 Å². The normalized spacial score (nSPS) is 9.96. The van der Waals surface area contributed by atoms with Gasteiger partial charge < -0.3 is 19.5 Å². The van der Waals surface area contributed by atoms with E-state index in [0.29, 0.717) is 17.2 Å². The minimum Gasteiger partial charge on any atom is -0.496 e. The number of rotatable bonds is 6. The highest BCUT2D eigenvalue weighted by Crippen LogP contribution is 2.28. The maximum Gasteiger partial charge on any atom is 0.346 e. The van der Waals surface area contributed by atoms with Crippen LogP contribution in [0.3, 0.4) is 0 Å². The van der Waals surface area contributed by atoms with Crippen molar-refractivity contribution in [3.63, 3.8) is 0 Å². The quantitative estimate of drug-likeness (QED) is 0.551. The molecule has 6 nitrogen and oxygen atoms in total. The fraction of sp³-hybridized carbons (Fsp3) is 0.176. The predicted octanol–water partition coefficient (Wildman–Crippen LogP) is 3.10. The monoisotopic (exact) mass is 441 g/mol. The van der Waals surface area contributed by atoms with Crippen LogP contribution in [-0.4, -0.2) is 32.7 Å². The second kappa shape index (κ2) is 8.53. The third-order valence-electron chi connectivity index (χ3n) is 3.09. The number of anilines is 1. The Labute approximate surface area is 153 Å². The van der Waals surface area contributed by atoms with Gasteiger partial charge in [-0.25, -0.2) is 4.79 Å². The standard InChI is InChI=1S/C17H16INO5/c1-22-13-4-3-5-14(23-2)16(13)17(21)24-10-15(20)19-12-8-6-11(18)7-9-12/h3-9H,10H2,1-2H3,(H,19,20). The van der Waals surface area contributed by atoms with Crippen LogP contribution in [0.4, 0.5) is 5.69 Å². The summed E-state index contributed by atoms with van der Waals surface area (Å²) >= 11 is 2.17. The SMILES string of the molecule is COc1cccc(OC)c1C(=O)OCC(=O)Nc1ccc(I)cc1. The third kappa shape index (κ3) is 4.60. The van der Waals surface area contributed by atoms with Gasteiger partial charge in [0, 0.05) is 9.26 Å². The molecule has 24 heavy (non-hydrogen) atoms. The van der Waals surface area contributed by atoms with Crippen LogP contribution in [0.2, 0.25) is 0 Å². The minimum atomic E-state index is -0.693. The largest absolute Gasteiger partial charge is 0.496 e. The van der Waals surface area contributed by atoms with Crippen molar-refractivity contribution in [1.29, 1.82) is 0 Å². The Kier molecular flexibility index (Phi) is 6.42. The number of carbonyl (C=O) groups is 2. The summed E-state index contributed by atoms with van der Waals surface area (Å²) in [6.45, 7) is -0.411. The lowest BCUT2D eigenvalue weighted by molar-refractivity contribution is -0.119. The van der Waals surface area contributed by atoms with Crippen LogP contribution in [0.25, 0.3) is 0 Å². The molecule has 2 aromatic carbocycles. The van der Waals surface area contributed by atoms with E-state index >= 15 is 0 Å². The molecule has 0 aliphatic carbocycles.